The Morgan fingerprint density at radius 3 is 2.85 bits per heavy atom. The summed E-state index contributed by atoms with van der Waals surface area (Å²) in [4.78, 5) is 11.4. The number of rotatable bonds is 7. The van der Waals surface area contributed by atoms with E-state index in [-0.39, 0.29) is 0 Å². The Balaban J connectivity index is 1.90. The Morgan fingerprint density at radius 1 is 1.19 bits per heavy atom. The lowest BCUT2D eigenvalue weighted by Gasteiger charge is -2.11. The number of alkyl halides is 1. The fourth-order valence-electron chi connectivity index (χ4n) is 2.74. The molecule has 3 aromatic rings. The standard InChI is InChI=1S/C20H21FN4O/c1-2-3-8-16-14-25(24-23-16)17-9-6-7-15(12-17)18-10-4-5-11-19(18)22-20(26)13-21/h4-7,9-12,14H,2-3,8,13H2,1H3,(H,22,26). The van der Waals surface area contributed by atoms with E-state index in [0.717, 1.165) is 41.8 Å². The molecule has 3 rings (SSSR count). The smallest absolute Gasteiger partial charge is 0.255 e. The number of amides is 1. The summed E-state index contributed by atoms with van der Waals surface area (Å²) >= 11 is 0. The third-order valence-corrected chi connectivity index (χ3v) is 4.07. The SMILES string of the molecule is CCCCc1cn(-c2cccc(-c3ccccc3NC(=O)CF)c2)nn1. The van der Waals surface area contributed by atoms with E-state index >= 15 is 0 Å². The second-order valence-electron chi connectivity index (χ2n) is 6.04. The summed E-state index contributed by atoms with van der Waals surface area (Å²) in [6.07, 6.45) is 5.05. The van der Waals surface area contributed by atoms with Crippen LogP contribution in [0.2, 0.25) is 0 Å². The molecule has 0 saturated carbocycles. The monoisotopic (exact) mass is 352 g/mol. The highest BCUT2D eigenvalue weighted by Gasteiger charge is 2.10. The summed E-state index contributed by atoms with van der Waals surface area (Å²) in [7, 11) is 0. The number of para-hydroxylation sites is 1. The number of halogens is 1. The number of nitrogens with zero attached hydrogens (tertiary/aromatic N) is 3. The van der Waals surface area contributed by atoms with Crippen molar-refractivity contribution in [2.24, 2.45) is 0 Å². The number of unbranched alkanes of at least 4 members (excludes halogenated alkanes) is 1. The average molecular weight is 352 g/mol. The Labute approximate surface area is 151 Å². The van der Waals surface area contributed by atoms with Gasteiger partial charge >= 0.3 is 0 Å². The van der Waals surface area contributed by atoms with Gasteiger partial charge in [-0.1, -0.05) is 48.9 Å². The quantitative estimate of drug-likeness (QED) is 0.694. The zero-order valence-corrected chi connectivity index (χ0v) is 14.7. The molecule has 1 heterocycles. The predicted molar refractivity (Wildman–Crippen MR) is 100 cm³/mol. The topological polar surface area (TPSA) is 59.8 Å². The van der Waals surface area contributed by atoms with Gasteiger partial charge in [-0.05, 0) is 36.6 Å². The predicted octanol–water partition coefficient (Wildman–Crippen LogP) is 4.18. The van der Waals surface area contributed by atoms with Crippen LogP contribution in [-0.2, 0) is 11.2 Å². The van der Waals surface area contributed by atoms with Crippen LogP contribution < -0.4 is 5.32 Å². The molecule has 26 heavy (non-hydrogen) atoms. The van der Waals surface area contributed by atoms with E-state index in [2.05, 4.69) is 22.6 Å². The second kappa shape index (κ2) is 8.38. The lowest BCUT2D eigenvalue weighted by molar-refractivity contribution is -0.117. The van der Waals surface area contributed by atoms with Gasteiger partial charge in [-0.15, -0.1) is 5.10 Å². The van der Waals surface area contributed by atoms with Crippen molar-refractivity contribution in [1.82, 2.24) is 15.0 Å². The van der Waals surface area contributed by atoms with Gasteiger partial charge in [0.2, 0.25) is 0 Å². The van der Waals surface area contributed by atoms with Crippen molar-refractivity contribution in [1.29, 1.82) is 0 Å². The minimum absolute atomic E-state index is 0.578. The molecule has 5 nitrogen and oxygen atoms in total. The Kier molecular flexibility index (Phi) is 5.73. The molecule has 0 bridgehead atoms. The van der Waals surface area contributed by atoms with Gasteiger partial charge in [0, 0.05) is 11.3 Å². The van der Waals surface area contributed by atoms with E-state index in [4.69, 9.17) is 0 Å². The van der Waals surface area contributed by atoms with Crippen molar-refractivity contribution >= 4 is 11.6 Å². The number of benzene rings is 2. The maximum Gasteiger partial charge on any atom is 0.255 e. The highest BCUT2D eigenvalue weighted by Crippen LogP contribution is 2.29. The molecule has 0 radical (unpaired) electrons. The average Bonchev–Trinajstić information content (AvgIpc) is 3.16. The van der Waals surface area contributed by atoms with Crippen LogP contribution in [0.4, 0.5) is 10.1 Å². The van der Waals surface area contributed by atoms with Crippen molar-refractivity contribution in [3.05, 3.63) is 60.4 Å². The first-order valence-electron chi connectivity index (χ1n) is 8.68. The molecule has 1 aromatic heterocycles. The van der Waals surface area contributed by atoms with E-state index in [1.165, 1.54) is 0 Å². The lowest BCUT2D eigenvalue weighted by atomic mass is 10.0. The van der Waals surface area contributed by atoms with Gasteiger partial charge in [-0.25, -0.2) is 9.07 Å². The van der Waals surface area contributed by atoms with E-state index in [0.29, 0.717) is 5.69 Å². The van der Waals surface area contributed by atoms with Crippen LogP contribution in [-0.4, -0.2) is 27.6 Å². The number of aromatic nitrogens is 3. The maximum absolute atomic E-state index is 12.6. The van der Waals surface area contributed by atoms with Crippen molar-refractivity contribution in [2.45, 2.75) is 26.2 Å². The zero-order chi connectivity index (χ0) is 18.4. The number of carbonyl (C=O) groups is 1. The fraction of sp³-hybridized carbons (Fsp3) is 0.250. The first kappa shape index (κ1) is 17.8. The van der Waals surface area contributed by atoms with Crippen LogP contribution in [0.3, 0.4) is 0 Å². The summed E-state index contributed by atoms with van der Waals surface area (Å²) in [5.74, 6) is -0.662. The summed E-state index contributed by atoms with van der Waals surface area (Å²) in [5.41, 5.74) is 4.15. The van der Waals surface area contributed by atoms with Gasteiger partial charge in [0.1, 0.15) is 0 Å². The highest BCUT2D eigenvalue weighted by atomic mass is 19.1. The number of carbonyl (C=O) groups excluding carboxylic acids is 1. The molecule has 0 spiro atoms. The van der Waals surface area contributed by atoms with Crippen molar-refractivity contribution in [3.8, 4) is 16.8 Å². The molecule has 0 unspecified atom stereocenters. The molecule has 6 heteroatoms. The van der Waals surface area contributed by atoms with Gasteiger partial charge in [0.05, 0.1) is 17.6 Å². The lowest BCUT2D eigenvalue weighted by Crippen LogP contribution is -2.13. The molecule has 0 aliphatic carbocycles. The molecule has 0 aliphatic heterocycles. The number of aryl methyl sites for hydroxylation is 1. The Morgan fingerprint density at radius 2 is 2.04 bits per heavy atom. The number of anilines is 1. The van der Waals surface area contributed by atoms with Gasteiger partial charge < -0.3 is 5.32 Å². The van der Waals surface area contributed by atoms with Crippen molar-refractivity contribution < 1.29 is 9.18 Å². The molecule has 0 saturated heterocycles. The zero-order valence-electron chi connectivity index (χ0n) is 14.7. The summed E-state index contributed by atoms with van der Waals surface area (Å²) < 4.78 is 14.3. The van der Waals surface area contributed by atoms with Gasteiger partial charge in [0.25, 0.3) is 5.91 Å². The normalized spacial score (nSPS) is 10.7. The first-order chi connectivity index (χ1) is 12.7. The highest BCUT2D eigenvalue weighted by molar-refractivity contribution is 5.96. The maximum atomic E-state index is 12.6. The Hall–Kier alpha value is -3.02. The largest absolute Gasteiger partial charge is 0.323 e. The van der Waals surface area contributed by atoms with E-state index < -0.39 is 12.6 Å². The molecular weight excluding hydrogens is 331 g/mol. The molecule has 0 atom stereocenters. The summed E-state index contributed by atoms with van der Waals surface area (Å²) in [5, 5.41) is 11.0. The van der Waals surface area contributed by atoms with Crippen LogP contribution in [0.15, 0.2) is 54.7 Å². The molecule has 2 aromatic carbocycles. The third-order valence-electron chi connectivity index (χ3n) is 4.07. The molecular formula is C20H21FN4O. The van der Waals surface area contributed by atoms with E-state index in [1.54, 1.807) is 16.8 Å². The van der Waals surface area contributed by atoms with Crippen LogP contribution in [0.5, 0.6) is 0 Å². The van der Waals surface area contributed by atoms with Crippen LogP contribution in [0, 0.1) is 0 Å². The molecule has 1 N–H and O–H groups in total. The minimum atomic E-state index is -1.05. The van der Waals surface area contributed by atoms with E-state index in [9.17, 15) is 9.18 Å². The minimum Gasteiger partial charge on any atom is -0.323 e. The molecule has 0 fully saturated rings. The van der Waals surface area contributed by atoms with Crippen LogP contribution >= 0.6 is 0 Å². The number of nitrogens with one attached hydrogen (secondary N) is 1. The van der Waals surface area contributed by atoms with Crippen molar-refractivity contribution in [3.63, 3.8) is 0 Å². The van der Waals surface area contributed by atoms with Crippen LogP contribution in [0.1, 0.15) is 25.5 Å². The van der Waals surface area contributed by atoms with Crippen LogP contribution in [0.25, 0.3) is 16.8 Å². The van der Waals surface area contributed by atoms with Crippen molar-refractivity contribution in [2.75, 3.05) is 12.0 Å². The second-order valence-corrected chi connectivity index (χ2v) is 6.04. The first-order valence-corrected chi connectivity index (χ1v) is 8.68. The number of hydrogen-bond acceptors (Lipinski definition) is 3. The van der Waals surface area contributed by atoms with Gasteiger partial charge in [-0.3, -0.25) is 4.79 Å². The Bertz CT molecular complexity index is 891. The molecule has 134 valence electrons. The van der Waals surface area contributed by atoms with Gasteiger partial charge in [-0.2, -0.15) is 0 Å². The molecule has 1 amide bonds. The summed E-state index contributed by atoms with van der Waals surface area (Å²) in [6, 6.07) is 15.1. The summed E-state index contributed by atoms with van der Waals surface area (Å²) in [6.45, 7) is 1.10. The van der Waals surface area contributed by atoms with E-state index in [1.807, 2.05) is 42.6 Å². The third kappa shape index (κ3) is 4.14. The fourth-order valence-corrected chi connectivity index (χ4v) is 2.74. The van der Waals surface area contributed by atoms with Gasteiger partial charge in [0.15, 0.2) is 6.67 Å². The number of hydrogen-bond donors (Lipinski definition) is 1. The molecule has 0 aliphatic rings.